The summed E-state index contributed by atoms with van der Waals surface area (Å²) < 4.78 is 13.1. The third-order valence-electron chi connectivity index (χ3n) is 16.0. The molecular weight excluding hydrogens is 747 g/mol. The van der Waals surface area contributed by atoms with Gasteiger partial charge < -0.3 is 8.90 Å². The molecule has 0 fully saturated rings. The van der Waals surface area contributed by atoms with Crippen molar-refractivity contribution in [2.24, 2.45) is 0 Å². The van der Waals surface area contributed by atoms with Crippen LogP contribution in [0.2, 0.25) is 0 Å². The maximum absolute atomic E-state index is 7.60. The highest BCUT2D eigenvalue weighted by atomic mass is 32.1. The SMILES string of the molecule is Cc1cc2c(cc1N1c3cc4ccccc4c4c3B(c3c1oc1cc5c(cc31)C(C)(C)CCC5(C)C)n1c3c-4cccc3c3sc4ccccc4c31)C(C)(C)CCC2(C)C. The maximum atomic E-state index is 7.60. The minimum atomic E-state index is -0.0916. The molecule has 0 spiro atoms. The molecule has 0 N–H and O–H groups in total. The van der Waals surface area contributed by atoms with Gasteiger partial charge in [-0.25, -0.2) is 0 Å². The molecular formula is C55H51BN2OS. The van der Waals surface area contributed by atoms with Crippen LogP contribution in [0.5, 0.6) is 0 Å². The number of furan rings is 1. The van der Waals surface area contributed by atoms with E-state index >= 15 is 0 Å². The second kappa shape index (κ2) is 11.2. The van der Waals surface area contributed by atoms with E-state index in [1.807, 2.05) is 11.3 Å². The zero-order valence-electron chi connectivity index (χ0n) is 36.4. The Kier molecular flexibility index (Phi) is 6.60. The molecule has 4 aliphatic rings. The van der Waals surface area contributed by atoms with Crippen LogP contribution >= 0.6 is 11.3 Å². The molecule has 0 saturated heterocycles. The lowest BCUT2D eigenvalue weighted by Crippen LogP contribution is -2.56. The summed E-state index contributed by atoms with van der Waals surface area (Å²) in [5, 5.41) is 6.50. The summed E-state index contributed by atoms with van der Waals surface area (Å²) in [6, 6.07) is 37.8. The van der Waals surface area contributed by atoms with Gasteiger partial charge in [-0.2, -0.15) is 0 Å². The summed E-state index contributed by atoms with van der Waals surface area (Å²) >= 11 is 1.94. The fourth-order valence-electron chi connectivity index (χ4n) is 12.4. The lowest BCUT2D eigenvalue weighted by Gasteiger charge is -2.44. The Morgan fingerprint density at radius 1 is 0.567 bits per heavy atom. The number of rotatable bonds is 1. The molecule has 9 aromatic rings. The van der Waals surface area contributed by atoms with Crippen molar-refractivity contribution in [3.05, 3.63) is 125 Å². The molecule has 6 aromatic carbocycles. The lowest BCUT2D eigenvalue weighted by atomic mass is 9.45. The molecule has 3 nitrogen and oxygen atoms in total. The molecule has 0 amide bonds. The van der Waals surface area contributed by atoms with Gasteiger partial charge in [0, 0.05) is 43.1 Å². The van der Waals surface area contributed by atoms with Crippen LogP contribution < -0.4 is 15.8 Å². The van der Waals surface area contributed by atoms with E-state index in [0.717, 1.165) is 17.9 Å². The van der Waals surface area contributed by atoms with Crippen LogP contribution in [0.4, 0.5) is 17.3 Å². The van der Waals surface area contributed by atoms with Crippen molar-refractivity contribution in [2.45, 2.75) is 110 Å². The molecule has 296 valence electrons. The highest BCUT2D eigenvalue weighted by molar-refractivity contribution is 7.27. The molecule has 0 bridgehead atoms. The predicted octanol–water partition coefficient (Wildman–Crippen LogP) is 14.3. The summed E-state index contributed by atoms with van der Waals surface area (Å²) in [6.45, 7) is 21.8. The molecule has 0 radical (unpaired) electrons. The van der Waals surface area contributed by atoms with Gasteiger partial charge in [-0.3, -0.25) is 4.90 Å². The van der Waals surface area contributed by atoms with Gasteiger partial charge in [-0.1, -0.05) is 122 Å². The Balaban J connectivity index is 1.24. The van der Waals surface area contributed by atoms with Crippen molar-refractivity contribution in [1.82, 2.24) is 4.48 Å². The predicted molar refractivity (Wildman–Crippen MR) is 258 cm³/mol. The molecule has 5 heterocycles. The number of aromatic nitrogens is 1. The van der Waals surface area contributed by atoms with Crippen molar-refractivity contribution in [3.8, 4) is 11.1 Å². The smallest absolute Gasteiger partial charge is 0.337 e. The van der Waals surface area contributed by atoms with Crippen molar-refractivity contribution in [3.63, 3.8) is 0 Å². The van der Waals surface area contributed by atoms with Gasteiger partial charge in [0.25, 0.3) is 0 Å². The van der Waals surface area contributed by atoms with Crippen LogP contribution in [-0.4, -0.2) is 11.3 Å². The van der Waals surface area contributed by atoms with Crippen LogP contribution in [0.25, 0.3) is 64.1 Å². The number of hydrogen-bond donors (Lipinski definition) is 0. The molecule has 60 heavy (non-hydrogen) atoms. The van der Waals surface area contributed by atoms with Crippen molar-refractivity contribution in [2.75, 3.05) is 4.90 Å². The number of nitrogens with zero attached hydrogens (tertiary/aromatic N) is 2. The third kappa shape index (κ3) is 4.32. The summed E-state index contributed by atoms with van der Waals surface area (Å²) in [6.07, 6.45) is 4.69. The first kappa shape index (κ1) is 35.5. The molecule has 0 saturated carbocycles. The topological polar surface area (TPSA) is 21.3 Å². The number of fused-ring (bicyclic) bond motifs is 15. The molecule has 5 heteroatoms. The highest BCUT2D eigenvalue weighted by Crippen LogP contribution is 2.55. The van der Waals surface area contributed by atoms with Crippen LogP contribution in [0, 0.1) is 6.92 Å². The summed E-state index contributed by atoms with van der Waals surface area (Å²) in [5.74, 6) is 0.964. The third-order valence-corrected chi connectivity index (χ3v) is 17.2. The van der Waals surface area contributed by atoms with E-state index in [4.69, 9.17) is 4.42 Å². The number of aryl methyl sites for hydroxylation is 1. The molecule has 3 aromatic heterocycles. The lowest BCUT2D eigenvalue weighted by molar-refractivity contribution is 0.332. The van der Waals surface area contributed by atoms with Crippen LogP contribution in [0.1, 0.15) is 109 Å². The van der Waals surface area contributed by atoms with Gasteiger partial charge in [0.2, 0.25) is 5.88 Å². The monoisotopic (exact) mass is 798 g/mol. The van der Waals surface area contributed by atoms with Crippen LogP contribution in [0.3, 0.4) is 0 Å². The highest BCUT2D eigenvalue weighted by Gasteiger charge is 2.49. The minimum absolute atomic E-state index is 0.0565. The van der Waals surface area contributed by atoms with Crippen molar-refractivity contribution in [1.29, 1.82) is 0 Å². The fraction of sp³-hybridized carbons (Fsp3) is 0.309. The summed E-state index contributed by atoms with van der Waals surface area (Å²) in [5.41, 5.74) is 18.9. The first-order valence-electron chi connectivity index (χ1n) is 22.2. The zero-order valence-corrected chi connectivity index (χ0v) is 37.2. The van der Waals surface area contributed by atoms with E-state index in [2.05, 4.69) is 169 Å². The van der Waals surface area contributed by atoms with E-state index in [0.29, 0.717) is 0 Å². The minimum Gasteiger partial charge on any atom is -0.440 e. The van der Waals surface area contributed by atoms with Gasteiger partial charge >= 0.3 is 6.85 Å². The first-order valence-corrected chi connectivity index (χ1v) is 23.0. The van der Waals surface area contributed by atoms with Gasteiger partial charge in [0.05, 0.1) is 15.9 Å². The Morgan fingerprint density at radius 3 is 1.92 bits per heavy atom. The number of benzene rings is 6. The molecule has 13 rings (SSSR count). The van der Waals surface area contributed by atoms with E-state index in [9.17, 15) is 0 Å². The normalized spacial score (nSPS) is 18.9. The summed E-state index contributed by atoms with van der Waals surface area (Å²) in [7, 11) is 0. The Morgan fingerprint density at radius 2 is 1.18 bits per heavy atom. The number of thiophene rings is 1. The number of hydrogen-bond acceptors (Lipinski definition) is 3. The maximum Gasteiger partial charge on any atom is 0.337 e. The van der Waals surface area contributed by atoms with Crippen molar-refractivity contribution < 1.29 is 4.42 Å². The molecule has 0 unspecified atom stereocenters. The molecule has 2 aliphatic heterocycles. The van der Waals surface area contributed by atoms with E-state index < -0.39 is 0 Å². The quantitative estimate of drug-likeness (QED) is 0.154. The van der Waals surface area contributed by atoms with E-state index in [1.165, 1.54) is 128 Å². The molecule has 2 aliphatic carbocycles. The second-order valence-corrected chi connectivity index (χ2v) is 22.5. The fourth-order valence-corrected chi connectivity index (χ4v) is 13.6. The van der Waals surface area contributed by atoms with E-state index in [1.54, 1.807) is 0 Å². The van der Waals surface area contributed by atoms with Gasteiger partial charge in [0.15, 0.2) is 0 Å². The van der Waals surface area contributed by atoms with Crippen molar-refractivity contribution >= 4 is 99.3 Å². The summed E-state index contributed by atoms with van der Waals surface area (Å²) in [4.78, 5) is 2.57. The Bertz CT molecular complexity index is 3420. The zero-order chi connectivity index (χ0) is 41.0. The Hall–Kier alpha value is -5.26. The standard InChI is InChI=1S/C55H51BN2OS/c1-30-25-37-39(54(6,7)23-21-52(37,2)3)28-41(30)57-42-26-31-15-10-11-16-32(31)45-34-18-14-19-35-48(34)58(49-33-17-12-13-20-44(33)60-50(35)49)56(47(42)45)46-36-27-38-40(29-43(36)59-51(46)57)55(8,9)24-22-53(38,4)5/h10-20,25-29H,21-24H2,1-9H3. The average molecular weight is 799 g/mol. The molecule has 0 atom stereocenters. The van der Waals surface area contributed by atoms with E-state index in [-0.39, 0.29) is 28.5 Å². The van der Waals surface area contributed by atoms with Crippen LogP contribution in [0.15, 0.2) is 101 Å². The van der Waals surface area contributed by atoms with Crippen LogP contribution in [-0.2, 0) is 21.7 Å². The average Bonchev–Trinajstić information content (AvgIpc) is 3.89. The largest absolute Gasteiger partial charge is 0.440 e. The first-order chi connectivity index (χ1) is 28.6. The Labute approximate surface area is 357 Å². The van der Waals surface area contributed by atoms with Gasteiger partial charge in [0.1, 0.15) is 5.58 Å². The number of para-hydroxylation sites is 1. The van der Waals surface area contributed by atoms with Gasteiger partial charge in [-0.05, 0) is 134 Å². The number of anilines is 3. The second-order valence-electron chi connectivity index (χ2n) is 21.4. The van der Waals surface area contributed by atoms with Gasteiger partial charge in [-0.15, -0.1) is 11.3 Å².